The fourth-order valence-electron chi connectivity index (χ4n) is 2.30. The number of nitrogen functional groups attached to an aromatic ring is 1. The highest BCUT2D eigenvalue weighted by molar-refractivity contribution is 6.33. The van der Waals surface area contributed by atoms with E-state index in [4.69, 9.17) is 21.9 Å². The first-order chi connectivity index (χ1) is 10.1. The van der Waals surface area contributed by atoms with Gasteiger partial charge in [-0.05, 0) is 36.8 Å². The minimum Gasteiger partial charge on any atom is -0.367 e. The van der Waals surface area contributed by atoms with Gasteiger partial charge >= 0.3 is 0 Å². The van der Waals surface area contributed by atoms with E-state index in [9.17, 15) is 4.39 Å². The van der Waals surface area contributed by atoms with Crippen LogP contribution >= 0.6 is 11.6 Å². The summed E-state index contributed by atoms with van der Waals surface area (Å²) in [6.07, 6.45) is 0. The maximum atomic E-state index is 13.6. The van der Waals surface area contributed by atoms with E-state index in [2.05, 4.69) is 5.16 Å². The van der Waals surface area contributed by atoms with Gasteiger partial charge in [0.1, 0.15) is 11.5 Å². The van der Waals surface area contributed by atoms with E-state index in [1.165, 1.54) is 12.1 Å². The van der Waals surface area contributed by atoms with Crippen molar-refractivity contribution in [2.75, 3.05) is 5.73 Å². The number of benzene rings is 2. The SMILES string of the molecule is Cc1cc(F)cc(-c2noc(N)c2-c2ccccc2Cl)c1. The minimum atomic E-state index is -0.336. The number of hydrogen-bond donors (Lipinski definition) is 1. The highest BCUT2D eigenvalue weighted by Gasteiger charge is 2.19. The van der Waals surface area contributed by atoms with Crippen LogP contribution in [0.15, 0.2) is 47.0 Å². The Balaban J connectivity index is 2.24. The molecule has 0 unspecified atom stereocenters. The molecule has 0 aliphatic rings. The van der Waals surface area contributed by atoms with Gasteiger partial charge in [0.15, 0.2) is 0 Å². The molecule has 3 rings (SSSR count). The molecular formula is C16H12ClFN2O. The summed E-state index contributed by atoms with van der Waals surface area (Å²) < 4.78 is 18.7. The summed E-state index contributed by atoms with van der Waals surface area (Å²) in [4.78, 5) is 0. The van der Waals surface area contributed by atoms with Crippen molar-refractivity contribution in [1.82, 2.24) is 5.16 Å². The zero-order valence-corrected chi connectivity index (χ0v) is 12.0. The second-order valence-corrected chi connectivity index (χ2v) is 5.17. The van der Waals surface area contributed by atoms with Gasteiger partial charge in [0, 0.05) is 16.1 Å². The first kappa shape index (κ1) is 13.6. The van der Waals surface area contributed by atoms with Gasteiger partial charge in [0.25, 0.3) is 0 Å². The van der Waals surface area contributed by atoms with Gasteiger partial charge in [0.2, 0.25) is 5.88 Å². The molecule has 0 saturated heterocycles. The third kappa shape index (κ3) is 2.50. The highest BCUT2D eigenvalue weighted by Crippen LogP contribution is 2.39. The van der Waals surface area contributed by atoms with Crippen molar-refractivity contribution in [1.29, 1.82) is 0 Å². The zero-order valence-electron chi connectivity index (χ0n) is 11.2. The van der Waals surface area contributed by atoms with Crippen molar-refractivity contribution in [3.8, 4) is 22.4 Å². The van der Waals surface area contributed by atoms with Crippen LogP contribution in [-0.2, 0) is 0 Å². The fourth-order valence-corrected chi connectivity index (χ4v) is 2.53. The Kier molecular flexibility index (Phi) is 3.39. The van der Waals surface area contributed by atoms with Crippen LogP contribution in [0.1, 0.15) is 5.56 Å². The predicted octanol–water partition coefficient (Wildman–Crippen LogP) is 4.69. The van der Waals surface area contributed by atoms with Gasteiger partial charge in [-0.15, -0.1) is 0 Å². The molecule has 0 fully saturated rings. The van der Waals surface area contributed by atoms with Gasteiger partial charge < -0.3 is 10.3 Å². The second kappa shape index (κ2) is 5.22. The lowest BCUT2D eigenvalue weighted by atomic mass is 10.00. The van der Waals surface area contributed by atoms with Crippen molar-refractivity contribution in [2.24, 2.45) is 0 Å². The van der Waals surface area contributed by atoms with Gasteiger partial charge in [-0.3, -0.25) is 0 Å². The van der Waals surface area contributed by atoms with Crippen molar-refractivity contribution in [3.05, 3.63) is 58.9 Å². The zero-order chi connectivity index (χ0) is 15.0. The maximum Gasteiger partial charge on any atom is 0.230 e. The quantitative estimate of drug-likeness (QED) is 0.747. The molecule has 5 heteroatoms. The Hall–Kier alpha value is -2.33. The number of nitrogens with zero attached hydrogens (tertiary/aromatic N) is 1. The Morgan fingerprint density at radius 3 is 2.67 bits per heavy atom. The van der Waals surface area contributed by atoms with Crippen LogP contribution in [0.3, 0.4) is 0 Å². The van der Waals surface area contributed by atoms with Crippen LogP contribution in [0.2, 0.25) is 5.02 Å². The van der Waals surface area contributed by atoms with E-state index < -0.39 is 0 Å². The van der Waals surface area contributed by atoms with E-state index in [0.29, 0.717) is 27.4 Å². The molecule has 0 saturated carbocycles. The topological polar surface area (TPSA) is 52.0 Å². The van der Waals surface area contributed by atoms with E-state index in [0.717, 1.165) is 5.56 Å². The third-order valence-corrected chi connectivity index (χ3v) is 3.51. The number of hydrogen-bond acceptors (Lipinski definition) is 3. The van der Waals surface area contributed by atoms with Crippen LogP contribution in [0, 0.1) is 12.7 Å². The number of aryl methyl sites for hydroxylation is 1. The summed E-state index contributed by atoms with van der Waals surface area (Å²) >= 11 is 6.21. The lowest BCUT2D eigenvalue weighted by Gasteiger charge is -2.06. The van der Waals surface area contributed by atoms with Crippen LogP contribution in [-0.4, -0.2) is 5.16 Å². The molecule has 2 N–H and O–H groups in total. The summed E-state index contributed by atoms with van der Waals surface area (Å²) in [6.45, 7) is 1.81. The molecule has 0 atom stereocenters. The summed E-state index contributed by atoms with van der Waals surface area (Å²) in [6, 6.07) is 11.9. The Labute approximate surface area is 126 Å². The fraction of sp³-hybridized carbons (Fsp3) is 0.0625. The number of rotatable bonds is 2. The van der Waals surface area contributed by atoms with Gasteiger partial charge in [-0.25, -0.2) is 4.39 Å². The molecule has 106 valence electrons. The molecule has 0 aliphatic carbocycles. The number of nitrogens with two attached hydrogens (primary N) is 1. The molecule has 3 aromatic rings. The van der Waals surface area contributed by atoms with Crippen LogP contribution in [0.5, 0.6) is 0 Å². The molecule has 3 nitrogen and oxygen atoms in total. The lowest BCUT2D eigenvalue weighted by Crippen LogP contribution is -1.90. The molecule has 21 heavy (non-hydrogen) atoms. The van der Waals surface area contributed by atoms with Gasteiger partial charge in [0.05, 0.1) is 5.56 Å². The standard InChI is InChI=1S/C16H12ClFN2O/c1-9-6-10(8-11(18)7-9)15-14(16(19)21-20-15)12-4-2-3-5-13(12)17/h2-8H,19H2,1H3. The van der Waals surface area contributed by atoms with E-state index in [1.807, 2.05) is 31.2 Å². The van der Waals surface area contributed by atoms with Crippen molar-refractivity contribution >= 4 is 17.5 Å². The third-order valence-electron chi connectivity index (χ3n) is 3.18. The largest absolute Gasteiger partial charge is 0.367 e. The molecule has 0 aliphatic heterocycles. The summed E-state index contributed by atoms with van der Waals surface area (Å²) in [5.74, 6) is -0.184. The summed E-state index contributed by atoms with van der Waals surface area (Å²) in [5, 5.41) is 4.49. The summed E-state index contributed by atoms with van der Waals surface area (Å²) in [7, 11) is 0. The monoisotopic (exact) mass is 302 g/mol. The smallest absolute Gasteiger partial charge is 0.230 e. The first-order valence-electron chi connectivity index (χ1n) is 6.34. The van der Waals surface area contributed by atoms with E-state index in [1.54, 1.807) is 6.07 Å². The van der Waals surface area contributed by atoms with E-state index in [-0.39, 0.29) is 11.7 Å². The Morgan fingerprint density at radius 2 is 1.95 bits per heavy atom. The molecular weight excluding hydrogens is 291 g/mol. The molecule has 2 aromatic carbocycles. The predicted molar refractivity (Wildman–Crippen MR) is 81.5 cm³/mol. The average molecular weight is 303 g/mol. The molecule has 0 amide bonds. The first-order valence-corrected chi connectivity index (χ1v) is 6.71. The minimum absolute atomic E-state index is 0.153. The molecule has 1 heterocycles. The maximum absolute atomic E-state index is 13.6. The molecule has 0 radical (unpaired) electrons. The normalized spacial score (nSPS) is 10.8. The summed E-state index contributed by atoms with van der Waals surface area (Å²) in [5.41, 5.74) is 9.02. The lowest BCUT2D eigenvalue weighted by molar-refractivity contribution is 0.439. The van der Waals surface area contributed by atoms with Crippen molar-refractivity contribution in [3.63, 3.8) is 0 Å². The van der Waals surface area contributed by atoms with Gasteiger partial charge in [-0.2, -0.15) is 0 Å². The second-order valence-electron chi connectivity index (χ2n) is 4.77. The Bertz CT molecular complexity index is 794. The van der Waals surface area contributed by atoms with Crippen molar-refractivity contribution < 1.29 is 8.91 Å². The molecule has 0 bridgehead atoms. The van der Waals surface area contributed by atoms with Crippen LogP contribution in [0.4, 0.5) is 10.3 Å². The Morgan fingerprint density at radius 1 is 1.19 bits per heavy atom. The van der Waals surface area contributed by atoms with Crippen LogP contribution < -0.4 is 5.73 Å². The number of halogens is 2. The average Bonchev–Trinajstić information content (AvgIpc) is 2.80. The molecule has 0 spiro atoms. The molecule has 1 aromatic heterocycles. The van der Waals surface area contributed by atoms with Gasteiger partial charge in [-0.1, -0.05) is 35.0 Å². The van der Waals surface area contributed by atoms with Crippen molar-refractivity contribution in [2.45, 2.75) is 6.92 Å². The highest BCUT2D eigenvalue weighted by atomic mass is 35.5. The number of aromatic nitrogens is 1. The number of anilines is 1. The van der Waals surface area contributed by atoms with Crippen LogP contribution in [0.25, 0.3) is 22.4 Å². The van der Waals surface area contributed by atoms with E-state index >= 15 is 0 Å².